The molecule has 0 bridgehead atoms. The lowest BCUT2D eigenvalue weighted by Crippen LogP contribution is -2.09. The van der Waals surface area contributed by atoms with E-state index in [9.17, 15) is 0 Å². The summed E-state index contributed by atoms with van der Waals surface area (Å²) in [6.07, 6.45) is 0. The van der Waals surface area contributed by atoms with Crippen molar-refractivity contribution in [1.82, 2.24) is 0 Å². The maximum atomic E-state index is 5.83. The van der Waals surface area contributed by atoms with E-state index in [1.165, 1.54) is 11.3 Å². The third-order valence-electron chi connectivity index (χ3n) is 1.30. The van der Waals surface area contributed by atoms with E-state index in [0.29, 0.717) is 20.6 Å². The number of thiocarbonyl (C=S) groups is 1. The van der Waals surface area contributed by atoms with Gasteiger partial charge in [-0.05, 0) is 6.92 Å². The number of thiophene rings is 1. The summed E-state index contributed by atoms with van der Waals surface area (Å²) in [7, 11) is 0. The van der Waals surface area contributed by atoms with E-state index in [0.717, 1.165) is 4.88 Å². The van der Waals surface area contributed by atoms with Crippen molar-refractivity contribution in [3.05, 3.63) is 15.5 Å². The van der Waals surface area contributed by atoms with Gasteiger partial charge in [-0.2, -0.15) is 0 Å². The molecule has 12 heavy (non-hydrogen) atoms. The van der Waals surface area contributed by atoms with Gasteiger partial charge in [0, 0.05) is 10.4 Å². The second-order valence-corrected chi connectivity index (χ2v) is 4.15. The molecule has 0 radical (unpaired) electrons. The lowest BCUT2D eigenvalue weighted by atomic mass is 10.2. The zero-order chi connectivity index (χ0) is 8.59. The van der Waals surface area contributed by atoms with E-state index in [4.69, 9.17) is 35.3 Å². The van der Waals surface area contributed by atoms with Crippen LogP contribution in [0, 0.1) is 6.92 Å². The van der Waals surface area contributed by atoms with Gasteiger partial charge in [0.05, 0.1) is 5.02 Å². The zero-order valence-corrected chi connectivity index (χ0v) is 9.46. The lowest BCUT2D eigenvalue weighted by molar-refractivity contribution is 1.58. The van der Waals surface area contributed by atoms with E-state index in [2.05, 4.69) is 0 Å². The molecular formula is C6H8Cl2N2S2. The molecule has 1 rings (SSSR count). The molecule has 0 aromatic carbocycles. The van der Waals surface area contributed by atoms with Crippen LogP contribution in [0.25, 0.3) is 0 Å². The molecule has 0 atom stereocenters. The minimum Gasteiger partial charge on any atom is -0.389 e. The normalized spacial score (nSPS) is 9.17. The van der Waals surface area contributed by atoms with E-state index >= 15 is 0 Å². The maximum absolute atomic E-state index is 5.83. The van der Waals surface area contributed by atoms with E-state index in [1.54, 1.807) is 0 Å². The lowest BCUT2D eigenvalue weighted by Gasteiger charge is -1.95. The molecule has 0 aliphatic carbocycles. The summed E-state index contributed by atoms with van der Waals surface area (Å²) < 4.78 is 0. The molecule has 1 aromatic rings. The first kappa shape index (κ1) is 12.0. The second-order valence-electron chi connectivity index (χ2n) is 2.08. The van der Waals surface area contributed by atoms with Gasteiger partial charge in [-0.25, -0.2) is 0 Å². The topological polar surface area (TPSA) is 52.0 Å². The third kappa shape index (κ3) is 2.01. The summed E-state index contributed by atoms with van der Waals surface area (Å²) >= 11 is 12.0. The van der Waals surface area contributed by atoms with Crippen LogP contribution < -0.4 is 11.5 Å². The fourth-order valence-electron chi connectivity index (χ4n) is 0.820. The quantitative estimate of drug-likeness (QED) is 0.744. The minimum absolute atomic E-state index is 0. The van der Waals surface area contributed by atoms with Crippen molar-refractivity contribution in [2.75, 3.05) is 5.73 Å². The summed E-state index contributed by atoms with van der Waals surface area (Å²) in [6, 6.07) is 0. The van der Waals surface area contributed by atoms with Gasteiger partial charge >= 0.3 is 0 Å². The van der Waals surface area contributed by atoms with Crippen LogP contribution >= 0.6 is 47.6 Å². The van der Waals surface area contributed by atoms with Crippen LogP contribution in [0.1, 0.15) is 10.4 Å². The Hall–Kier alpha value is -0.0300. The van der Waals surface area contributed by atoms with Crippen LogP contribution in [0.3, 0.4) is 0 Å². The summed E-state index contributed by atoms with van der Waals surface area (Å²) in [5.74, 6) is 0. The van der Waals surface area contributed by atoms with Crippen molar-refractivity contribution in [2.45, 2.75) is 6.92 Å². The first-order valence-electron chi connectivity index (χ1n) is 2.88. The van der Waals surface area contributed by atoms with Gasteiger partial charge in [0.15, 0.2) is 0 Å². The van der Waals surface area contributed by atoms with Gasteiger partial charge in [-0.3, -0.25) is 0 Å². The van der Waals surface area contributed by atoms with Crippen molar-refractivity contribution in [1.29, 1.82) is 0 Å². The number of rotatable bonds is 1. The van der Waals surface area contributed by atoms with Gasteiger partial charge in [-0.1, -0.05) is 23.8 Å². The van der Waals surface area contributed by atoms with Crippen molar-refractivity contribution in [3.8, 4) is 0 Å². The largest absolute Gasteiger partial charge is 0.389 e. The molecule has 1 heterocycles. The first-order chi connectivity index (χ1) is 5.04. The molecule has 0 unspecified atom stereocenters. The zero-order valence-electron chi connectivity index (χ0n) is 6.26. The highest BCUT2D eigenvalue weighted by Crippen LogP contribution is 2.34. The molecule has 6 heteroatoms. The Bertz CT molecular complexity index is 309. The highest BCUT2D eigenvalue weighted by Gasteiger charge is 2.13. The minimum atomic E-state index is 0. The molecule has 0 fully saturated rings. The van der Waals surface area contributed by atoms with Crippen LogP contribution in [0.2, 0.25) is 5.02 Å². The number of nitrogens with two attached hydrogens (primary N) is 2. The SMILES string of the molecule is Cc1sc(N)c(Cl)c1C(N)=S.Cl. The summed E-state index contributed by atoms with van der Waals surface area (Å²) in [5.41, 5.74) is 11.7. The number of anilines is 1. The van der Waals surface area contributed by atoms with Crippen molar-refractivity contribution in [3.63, 3.8) is 0 Å². The van der Waals surface area contributed by atoms with Crippen LogP contribution in [-0.4, -0.2) is 4.99 Å². The van der Waals surface area contributed by atoms with Crippen molar-refractivity contribution >= 4 is 57.6 Å². The van der Waals surface area contributed by atoms with Crippen molar-refractivity contribution < 1.29 is 0 Å². The Morgan fingerprint density at radius 1 is 1.58 bits per heavy atom. The van der Waals surface area contributed by atoms with Crippen LogP contribution in [0.15, 0.2) is 0 Å². The molecule has 0 saturated carbocycles. The van der Waals surface area contributed by atoms with Gasteiger partial charge < -0.3 is 11.5 Å². The number of hydrogen-bond donors (Lipinski definition) is 2. The molecule has 68 valence electrons. The van der Waals surface area contributed by atoms with Gasteiger partial charge in [0.2, 0.25) is 0 Å². The van der Waals surface area contributed by atoms with E-state index < -0.39 is 0 Å². The molecule has 1 aromatic heterocycles. The van der Waals surface area contributed by atoms with Gasteiger partial charge in [0.25, 0.3) is 0 Å². The second kappa shape index (κ2) is 4.28. The standard InChI is InChI=1S/C6H7ClN2S2.ClH/c1-2-3(5(8)10)4(7)6(9)11-2;/h9H2,1H3,(H2,8,10);1H. The highest BCUT2D eigenvalue weighted by molar-refractivity contribution is 7.80. The summed E-state index contributed by atoms with van der Waals surface area (Å²) in [5, 5.41) is 1.06. The Morgan fingerprint density at radius 3 is 2.25 bits per heavy atom. The molecule has 4 N–H and O–H groups in total. The Balaban J connectivity index is 0.00000121. The molecular weight excluding hydrogens is 235 g/mol. The number of halogens is 2. The van der Waals surface area contributed by atoms with Crippen LogP contribution in [-0.2, 0) is 0 Å². The molecule has 2 nitrogen and oxygen atoms in total. The summed E-state index contributed by atoms with van der Waals surface area (Å²) in [4.78, 5) is 1.28. The molecule has 0 aliphatic rings. The molecule has 0 saturated heterocycles. The predicted molar refractivity (Wildman–Crippen MR) is 61.6 cm³/mol. The number of aryl methyl sites for hydroxylation is 1. The monoisotopic (exact) mass is 242 g/mol. The van der Waals surface area contributed by atoms with Crippen molar-refractivity contribution in [2.24, 2.45) is 5.73 Å². The fourth-order valence-corrected chi connectivity index (χ4v) is 2.45. The maximum Gasteiger partial charge on any atom is 0.106 e. The van der Waals surface area contributed by atoms with Gasteiger partial charge in [0.1, 0.15) is 9.99 Å². The predicted octanol–water partition coefficient (Wildman–Crippen LogP) is 2.35. The Kier molecular flexibility index (Phi) is 4.26. The molecule has 0 spiro atoms. The Morgan fingerprint density at radius 2 is 2.08 bits per heavy atom. The fraction of sp³-hybridized carbons (Fsp3) is 0.167. The first-order valence-corrected chi connectivity index (χ1v) is 4.48. The van der Waals surface area contributed by atoms with Gasteiger partial charge in [-0.15, -0.1) is 23.7 Å². The third-order valence-corrected chi connectivity index (χ3v) is 2.94. The average Bonchev–Trinajstić information content (AvgIpc) is 2.07. The Labute approximate surface area is 91.3 Å². The number of nitrogen functional groups attached to an aromatic ring is 1. The highest BCUT2D eigenvalue weighted by atomic mass is 35.5. The smallest absolute Gasteiger partial charge is 0.106 e. The molecule has 0 amide bonds. The summed E-state index contributed by atoms with van der Waals surface area (Å²) in [6.45, 7) is 1.89. The molecule has 0 aliphatic heterocycles. The van der Waals surface area contributed by atoms with Crippen LogP contribution in [0.4, 0.5) is 5.00 Å². The van der Waals surface area contributed by atoms with Crippen LogP contribution in [0.5, 0.6) is 0 Å². The van der Waals surface area contributed by atoms with E-state index in [-0.39, 0.29) is 12.4 Å². The van der Waals surface area contributed by atoms with E-state index in [1.807, 2.05) is 6.92 Å². The number of hydrogen-bond acceptors (Lipinski definition) is 3. The average molecular weight is 243 g/mol.